The van der Waals surface area contributed by atoms with Gasteiger partial charge in [0.15, 0.2) is 0 Å². The zero-order chi connectivity index (χ0) is 21.0. The topological polar surface area (TPSA) is 116 Å². The van der Waals surface area contributed by atoms with Gasteiger partial charge in [0.1, 0.15) is 11.4 Å². The fourth-order valence-electron chi connectivity index (χ4n) is 4.18. The third-order valence-electron chi connectivity index (χ3n) is 6.11. The Kier molecular flexibility index (Phi) is 6.90. The van der Waals surface area contributed by atoms with Gasteiger partial charge >= 0.3 is 13.1 Å². The molecule has 2 aromatic rings. The summed E-state index contributed by atoms with van der Waals surface area (Å²) in [6, 6.07) is 10.8. The van der Waals surface area contributed by atoms with Crippen LogP contribution in [0.4, 0.5) is 4.39 Å². The largest absolute Gasteiger partial charge is 0.480 e. The summed E-state index contributed by atoms with van der Waals surface area (Å²) < 4.78 is 14.0. The van der Waals surface area contributed by atoms with Crippen molar-refractivity contribution in [3.05, 3.63) is 47.8 Å². The van der Waals surface area contributed by atoms with E-state index in [1.165, 1.54) is 6.07 Å². The summed E-state index contributed by atoms with van der Waals surface area (Å²) >= 11 is 0. The van der Waals surface area contributed by atoms with Crippen molar-refractivity contribution in [1.29, 1.82) is 0 Å². The summed E-state index contributed by atoms with van der Waals surface area (Å²) in [4.78, 5) is 11.8. The second kappa shape index (κ2) is 9.22. The fourth-order valence-corrected chi connectivity index (χ4v) is 4.18. The molecule has 1 aliphatic carbocycles. The molecule has 1 saturated carbocycles. The molecule has 29 heavy (non-hydrogen) atoms. The number of nitrogens with one attached hydrogen (secondary N) is 1. The molecule has 156 valence electrons. The van der Waals surface area contributed by atoms with Gasteiger partial charge in [0.2, 0.25) is 0 Å². The third-order valence-corrected chi connectivity index (χ3v) is 6.11. The molecule has 6 N–H and O–H groups in total. The van der Waals surface area contributed by atoms with Crippen LogP contribution in [0.1, 0.15) is 37.7 Å². The summed E-state index contributed by atoms with van der Waals surface area (Å²) in [5.74, 6) is -1.37. The number of fused-ring (bicyclic) bond motifs is 1. The highest BCUT2D eigenvalue weighted by Gasteiger charge is 2.48. The number of aliphatic carboxylic acids is 1. The molecule has 1 unspecified atom stereocenters. The highest BCUT2D eigenvalue weighted by Crippen LogP contribution is 2.38. The zero-order valence-electron chi connectivity index (χ0n) is 16.4. The number of rotatable bonds is 10. The van der Waals surface area contributed by atoms with Crippen LogP contribution in [-0.2, 0) is 11.3 Å². The van der Waals surface area contributed by atoms with Gasteiger partial charge in [-0.15, -0.1) is 0 Å². The van der Waals surface area contributed by atoms with Gasteiger partial charge in [-0.25, -0.2) is 4.39 Å². The maximum absolute atomic E-state index is 14.0. The lowest BCUT2D eigenvalue weighted by Gasteiger charge is -2.45. The smallest absolute Gasteiger partial charge is 0.451 e. The van der Waals surface area contributed by atoms with Crippen molar-refractivity contribution in [2.45, 2.75) is 56.5 Å². The fraction of sp³-hybridized carbons (Fsp3) is 0.476. The van der Waals surface area contributed by atoms with E-state index >= 15 is 0 Å². The molecule has 0 aromatic heterocycles. The van der Waals surface area contributed by atoms with Crippen molar-refractivity contribution >= 4 is 23.9 Å². The Bertz CT molecular complexity index is 860. The lowest BCUT2D eigenvalue weighted by molar-refractivity contribution is -0.148. The Morgan fingerprint density at radius 2 is 1.86 bits per heavy atom. The normalized spacial score (nSPS) is 20.8. The minimum Gasteiger partial charge on any atom is -0.480 e. The van der Waals surface area contributed by atoms with Crippen LogP contribution in [0.2, 0.25) is 6.32 Å². The summed E-state index contributed by atoms with van der Waals surface area (Å²) in [7, 11) is -1.37. The molecule has 3 rings (SSSR count). The van der Waals surface area contributed by atoms with Gasteiger partial charge < -0.3 is 26.2 Å². The third kappa shape index (κ3) is 4.95. The number of benzene rings is 2. The van der Waals surface area contributed by atoms with Crippen LogP contribution in [0.5, 0.6) is 0 Å². The molecule has 1 aliphatic rings. The van der Waals surface area contributed by atoms with Crippen LogP contribution in [0.3, 0.4) is 0 Å². The molecule has 6 nitrogen and oxygen atoms in total. The van der Waals surface area contributed by atoms with E-state index in [9.17, 15) is 14.3 Å². The number of unbranched alkanes of at least 4 members (excludes halogenated alkanes) is 1. The number of halogens is 1. The summed E-state index contributed by atoms with van der Waals surface area (Å²) in [5.41, 5.74) is 5.94. The van der Waals surface area contributed by atoms with Gasteiger partial charge in [-0.05, 0) is 48.5 Å². The molecule has 8 heteroatoms. The summed E-state index contributed by atoms with van der Waals surface area (Å²) in [5, 5.41) is 32.4. The van der Waals surface area contributed by atoms with Crippen molar-refractivity contribution in [2.24, 2.45) is 11.7 Å². The Morgan fingerprint density at radius 3 is 2.55 bits per heavy atom. The molecule has 1 atom stereocenters. The molecule has 0 saturated heterocycles. The minimum absolute atomic E-state index is 0.124. The highest BCUT2D eigenvalue weighted by atomic mass is 19.1. The Morgan fingerprint density at radius 1 is 1.17 bits per heavy atom. The van der Waals surface area contributed by atoms with E-state index in [4.69, 9.17) is 15.8 Å². The number of hydrogen-bond donors (Lipinski definition) is 5. The first-order valence-electron chi connectivity index (χ1n) is 10.1. The van der Waals surface area contributed by atoms with Crippen molar-refractivity contribution in [3.8, 4) is 0 Å². The van der Waals surface area contributed by atoms with Gasteiger partial charge in [0.05, 0.1) is 0 Å². The van der Waals surface area contributed by atoms with Gasteiger partial charge in [-0.1, -0.05) is 43.2 Å². The van der Waals surface area contributed by atoms with Crippen LogP contribution in [-0.4, -0.2) is 39.8 Å². The molecule has 0 spiro atoms. The van der Waals surface area contributed by atoms with Crippen LogP contribution < -0.4 is 11.1 Å². The number of carbonyl (C=O) groups is 1. The van der Waals surface area contributed by atoms with Gasteiger partial charge in [0, 0.05) is 18.0 Å². The first kappa shape index (κ1) is 21.7. The van der Waals surface area contributed by atoms with E-state index < -0.39 is 18.6 Å². The molecular formula is C21H28BFN2O4. The number of carboxylic acid groups (broad SMARTS) is 1. The number of nitrogens with two attached hydrogens (primary N) is 1. The van der Waals surface area contributed by atoms with Gasteiger partial charge in [0.25, 0.3) is 0 Å². The van der Waals surface area contributed by atoms with E-state index in [-0.39, 0.29) is 24.1 Å². The van der Waals surface area contributed by atoms with Crippen LogP contribution in [0.15, 0.2) is 36.4 Å². The average Bonchev–Trinajstić information content (AvgIpc) is 2.64. The molecule has 0 bridgehead atoms. The van der Waals surface area contributed by atoms with E-state index in [0.29, 0.717) is 44.0 Å². The molecule has 0 radical (unpaired) electrons. The number of hydrogen-bond acceptors (Lipinski definition) is 5. The molecule has 0 heterocycles. The zero-order valence-corrected chi connectivity index (χ0v) is 16.4. The maximum Gasteiger partial charge on any atom is 0.451 e. The van der Waals surface area contributed by atoms with Crippen molar-refractivity contribution < 1.29 is 24.3 Å². The van der Waals surface area contributed by atoms with Gasteiger partial charge in [-0.2, -0.15) is 0 Å². The van der Waals surface area contributed by atoms with Crippen LogP contribution in [0, 0.1) is 11.7 Å². The summed E-state index contributed by atoms with van der Waals surface area (Å²) in [6.07, 6.45) is 2.94. The van der Waals surface area contributed by atoms with E-state index in [2.05, 4.69) is 5.32 Å². The molecular weight excluding hydrogens is 374 g/mol. The monoisotopic (exact) mass is 402 g/mol. The average molecular weight is 402 g/mol. The summed E-state index contributed by atoms with van der Waals surface area (Å²) in [6.45, 7) is 0.581. The van der Waals surface area contributed by atoms with Crippen molar-refractivity contribution in [3.63, 3.8) is 0 Å². The Labute approximate surface area is 170 Å². The van der Waals surface area contributed by atoms with Gasteiger partial charge in [-0.3, -0.25) is 4.79 Å². The molecule has 1 fully saturated rings. The van der Waals surface area contributed by atoms with Crippen molar-refractivity contribution in [2.75, 3.05) is 0 Å². The Balaban J connectivity index is 1.54. The SMILES string of the molecule is NC(CCCCB(O)O)(C(=O)O)C1CC(NCc2cccc3c(F)cccc23)C1. The lowest BCUT2D eigenvalue weighted by Crippen LogP contribution is -2.61. The predicted octanol–water partition coefficient (Wildman–Crippen LogP) is 2.27. The quantitative estimate of drug-likeness (QED) is 0.308. The maximum atomic E-state index is 14.0. The van der Waals surface area contributed by atoms with Crippen LogP contribution >= 0.6 is 0 Å². The lowest BCUT2D eigenvalue weighted by atomic mass is 9.66. The first-order valence-corrected chi connectivity index (χ1v) is 10.1. The molecule has 0 aliphatic heterocycles. The first-order chi connectivity index (χ1) is 13.8. The molecule has 0 amide bonds. The van der Waals surface area contributed by atoms with E-state index in [0.717, 1.165) is 10.9 Å². The van der Waals surface area contributed by atoms with E-state index in [1.807, 2.05) is 18.2 Å². The van der Waals surface area contributed by atoms with Crippen molar-refractivity contribution in [1.82, 2.24) is 5.32 Å². The second-order valence-electron chi connectivity index (χ2n) is 8.07. The number of carboxylic acids is 1. The standard InChI is InChI=1S/C21H28BFN2O4/c23-19-8-4-6-17-14(5-3-7-18(17)19)13-25-16-11-15(12-16)21(24,20(26)27)9-1-2-10-22(28)29/h3-8,15-16,25,28-29H,1-2,9-13,24H2,(H,26,27). The highest BCUT2D eigenvalue weighted by molar-refractivity contribution is 6.40. The molecule has 2 aromatic carbocycles. The predicted molar refractivity (Wildman–Crippen MR) is 111 cm³/mol. The minimum atomic E-state index is -1.37. The van der Waals surface area contributed by atoms with E-state index in [1.54, 1.807) is 12.1 Å². The Hall–Kier alpha value is -2.00. The van der Waals surface area contributed by atoms with Crippen LogP contribution in [0.25, 0.3) is 10.8 Å². The second-order valence-corrected chi connectivity index (χ2v) is 8.07.